The maximum Gasteiger partial charge on any atom is 0.382 e. The number of hydrogen-bond acceptors (Lipinski definition) is 6. The number of amides is 2. The van der Waals surface area contributed by atoms with Crippen molar-refractivity contribution in [2.24, 2.45) is 0 Å². The topological polar surface area (TPSA) is 118 Å². The minimum atomic E-state index is -1.26. The van der Waals surface area contributed by atoms with E-state index < -0.39 is 23.8 Å². The van der Waals surface area contributed by atoms with Gasteiger partial charge in [0, 0.05) is 30.8 Å². The summed E-state index contributed by atoms with van der Waals surface area (Å²) >= 11 is 0. The molecule has 0 bridgehead atoms. The fourth-order valence-corrected chi connectivity index (χ4v) is 3.26. The van der Waals surface area contributed by atoms with E-state index in [2.05, 4.69) is 16.2 Å². The Bertz CT molecular complexity index is 1310. The maximum atomic E-state index is 13.0. The Morgan fingerprint density at radius 3 is 2.71 bits per heavy atom. The molecule has 1 aromatic heterocycles. The van der Waals surface area contributed by atoms with Gasteiger partial charge < -0.3 is 24.8 Å². The minimum Gasteiger partial charge on any atom is -0.489 e. The Labute approximate surface area is 194 Å². The van der Waals surface area contributed by atoms with E-state index in [1.54, 1.807) is 36.4 Å². The third-order valence-electron chi connectivity index (χ3n) is 4.92. The highest BCUT2D eigenvalue weighted by molar-refractivity contribution is 6.03. The van der Waals surface area contributed by atoms with Crippen molar-refractivity contribution in [3.8, 4) is 29.1 Å². The summed E-state index contributed by atoms with van der Waals surface area (Å²) in [7, 11) is 1.54. The Kier molecular flexibility index (Phi) is 6.41. The van der Waals surface area contributed by atoms with Gasteiger partial charge in [-0.3, -0.25) is 14.6 Å². The quantitative estimate of drug-likeness (QED) is 0.578. The standard InChI is InChI=1S/C25H19N3O6/c1-28-21-13-16(8-10-23(29)30)7-9-22(21)33-15-20(25(28)32)27-24(31)19-14-18(11-12-26-19)34-17-5-3-2-4-6-17/h2-7,9,11-14,20H,15H2,1H3,(H,27,31)(H,29,30)/t20-/m1/s1. The summed E-state index contributed by atoms with van der Waals surface area (Å²) in [6.07, 6.45) is 1.44. The van der Waals surface area contributed by atoms with Crippen LogP contribution in [0.2, 0.25) is 0 Å². The zero-order valence-electron chi connectivity index (χ0n) is 18.0. The first-order valence-electron chi connectivity index (χ1n) is 10.2. The van der Waals surface area contributed by atoms with E-state index in [1.807, 2.05) is 24.1 Å². The van der Waals surface area contributed by atoms with Gasteiger partial charge in [0.2, 0.25) is 0 Å². The number of anilines is 1. The van der Waals surface area contributed by atoms with Crippen LogP contribution in [-0.2, 0) is 9.59 Å². The number of rotatable bonds is 4. The van der Waals surface area contributed by atoms with Crippen molar-refractivity contribution < 1.29 is 29.0 Å². The van der Waals surface area contributed by atoms with Crippen molar-refractivity contribution in [2.45, 2.75) is 6.04 Å². The van der Waals surface area contributed by atoms with Gasteiger partial charge in [-0.2, -0.15) is 0 Å². The zero-order valence-corrected chi connectivity index (χ0v) is 18.0. The van der Waals surface area contributed by atoms with Crippen LogP contribution in [0.4, 0.5) is 5.69 Å². The Morgan fingerprint density at radius 1 is 1.15 bits per heavy atom. The first kappa shape index (κ1) is 22.4. The summed E-state index contributed by atoms with van der Waals surface area (Å²) in [5, 5.41) is 11.4. The second kappa shape index (κ2) is 9.75. The lowest BCUT2D eigenvalue weighted by atomic mass is 10.1. The Morgan fingerprint density at radius 2 is 1.94 bits per heavy atom. The number of nitrogens with one attached hydrogen (secondary N) is 1. The molecule has 2 heterocycles. The van der Waals surface area contributed by atoms with E-state index in [0.29, 0.717) is 28.5 Å². The molecule has 0 unspecified atom stereocenters. The van der Waals surface area contributed by atoms with E-state index in [1.165, 1.54) is 24.2 Å². The molecular weight excluding hydrogens is 438 g/mol. The molecule has 2 amide bonds. The fourth-order valence-electron chi connectivity index (χ4n) is 3.26. The molecule has 34 heavy (non-hydrogen) atoms. The summed E-state index contributed by atoms with van der Waals surface area (Å²) in [6.45, 7) is -0.0950. The van der Waals surface area contributed by atoms with Crippen LogP contribution < -0.4 is 19.7 Å². The van der Waals surface area contributed by atoms with Gasteiger partial charge in [-0.25, -0.2) is 4.79 Å². The van der Waals surface area contributed by atoms with Crippen LogP contribution in [0.3, 0.4) is 0 Å². The maximum absolute atomic E-state index is 13.0. The summed E-state index contributed by atoms with van der Waals surface area (Å²) < 4.78 is 11.5. The van der Waals surface area contributed by atoms with Crippen molar-refractivity contribution in [3.05, 3.63) is 78.1 Å². The van der Waals surface area contributed by atoms with Crippen molar-refractivity contribution >= 4 is 23.5 Å². The second-order valence-electron chi connectivity index (χ2n) is 7.26. The van der Waals surface area contributed by atoms with Crippen molar-refractivity contribution in [3.63, 3.8) is 0 Å². The Balaban J connectivity index is 1.49. The highest BCUT2D eigenvalue weighted by Crippen LogP contribution is 2.31. The van der Waals surface area contributed by atoms with Gasteiger partial charge in [0.15, 0.2) is 0 Å². The highest BCUT2D eigenvalue weighted by Gasteiger charge is 2.31. The number of nitrogens with zero attached hydrogens (tertiary/aromatic N) is 2. The predicted molar refractivity (Wildman–Crippen MR) is 122 cm³/mol. The monoisotopic (exact) mass is 457 g/mol. The number of benzene rings is 2. The zero-order chi connectivity index (χ0) is 24.1. The van der Waals surface area contributed by atoms with Crippen LogP contribution >= 0.6 is 0 Å². The number of aromatic nitrogens is 1. The molecule has 1 aliphatic heterocycles. The number of fused-ring (bicyclic) bond motifs is 1. The summed E-state index contributed by atoms with van der Waals surface area (Å²) in [6, 6.07) is 16.0. The number of carbonyl (C=O) groups is 3. The number of para-hydroxylation sites is 1. The van der Waals surface area contributed by atoms with Crippen molar-refractivity contribution in [2.75, 3.05) is 18.6 Å². The van der Waals surface area contributed by atoms with Crippen LogP contribution in [0.5, 0.6) is 17.2 Å². The SMILES string of the molecule is CN1C(=O)[C@H](NC(=O)c2cc(Oc3ccccc3)ccn2)COc2ccc(C#CC(=O)O)cc21. The number of carboxylic acids is 1. The normalized spacial score (nSPS) is 14.6. The molecule has 9 heteroatoms. The molecular formula is C25H19N3O6. The van der Waals surface area contributed by atoms with Crippen LogP contribution in [0.25, 0.3) is 0 Å². The second-order valence-corrected chi connectivity index (χ2v) is 7.26. The number of aliphatic carboxylic acids is 1. The van der Waals surface area contributed by atoms with Gasteiger partial charge >= 0.3 is 5.97 Å². The lowest BCUT2D eigenvalue weighted by Gasteiger charge is -2.20. The summed E-state index contributed by atoms with van der Waals surface area (Å²) in [5.41, 5.74) is 0.901. The molecule has 0 saturated heterocycles. The third-order valence-corrected chi connectivity index (χ3v) is 4.92. The molecule has 2 aromatic carbocycles. The predicted octanol–water partition coefficient (Wildman–Crippen LogP) is 2.46. The molecule has 4 rings (SSSR count). The van der Waals surface area contributed by atoms with Crippen molar-refractivity contribution in [1.29, 1.82) is 0 Å². The average molecular weight is 457 g/mol. The van der Waals surface area contributed by atoms with Gasteiger partial charge in [0.25, 0.3) is 11.8 Å². The van der Waals surface area contributed by atoms with Crippen LogP contribution in [0.15, 0.2) is 66.9 Å². The van der Waals surface area contributed by atoms with Crippen molar-refractivity contribution in [1.82, 2.24) is 10.3 Å². The molecule has 0 radical (unpaired) electrons. The number of carboxylic acid groups (broad SMARTS) is 1. The molecule has 2 N–H and O–H groups in total. The first-order chi connectivity index (χ1) is 16.4. The van der Waals surface area contributed by atoms with E-state index in [9.17, 15) is 14.4 Å². The van der Waals surface area contributed by atoms with Gasteiger partial charge in [-0.05, 0) is 36.4 Å². The molecule has 1 aliphatic rings. The third kappa shape index (κ3) is 5.14. The average Bonchev–Trinajstić information content (AvgIpc) is 2.95. The minimum absolute atomic E-state index is 0.0804. The van der Waals surface area contributed by atoms with Crippen LogP contribution in [0, 0.1) is 11.8 Å². The molecule has 0 fully saturated rings. The van der Waals surface area contributed by atoms with Crippen LogP contribution in [0.1, 0.15) is 16.1 Å². The lowest BCUT2D eigenvalue weighted by Crippen LogP contribution is -2.49. The molecule has 170 valence electrons. The Hall–Kier alpha value is -4.84. The summed E-state index contributed by atoms with van der Waals surface area (Å²) in [5.74, 6) is 3.75. The van der Waals surface area contributed by atoms with E-state index in [-0.39, 0.29) is 12.3 Å². The van der Waals surface area contributed by atoms with Gasteiger partial charge in [-0.1, -0.05) is 24.1 Å². The lowest BCUT2D eigenvalue weighted by molar-refractivity contribution is -0.130. The molecule has 1 atom stereocenters. The largest absolute Gasteiger partial charge is 0.489 e. The van der Waals surface area contributed by atoms with Gasteiger partial charge in [-0.15, -0.1) is 0 Å². The number of likely N-dealkylation sites (N-methyl/N-ethyl adjacent to an activating group) is 1. The smallest absolute Gasteiger partial charge is 0.382 e. The first-order valence-corrected chi connectivity index (χ1v) is 10.2. The van der Waals surface area contributed by atoms with E-state index >= 15 is 0 Å². The highest BCUT2D eigenvalue weighted by atomic mass is 16.5. The summed E-state index contributed by atoms with van der Waals surface area (Å²) in [4.78, 5) is 42.0. The molecule has 0 saturated carbocycles. The fraction of sp³-hybridized carbons (Fsp3) is 0.120. The van der Waals surface area contributed by atoms with Crippen LogP contribution in [-0.4, -0.2) is 47.6 Å². The van der Waals surface area contributed by atoms with E-state index in [4.69, 9.17) is 14.6 Å². The molecule has 3 aromatic rings. The molecule has 0 spiro atoms. The van der Waals surface area contributed by atoms with Gasteiger partial charge in [0.05, 0.1) is 5.69 Å². The number of hydrogen-bond donors (Lipinski definition) is 2. The number of pyridine rings is 1. The molecule has 9 nitrogen and oxygen atoms in total. The number of carbonyl (C=O) groups excluding carboxylic acids is 2. The van der Waals surface area contributed by atoms with E-state index in [0.717, 1.165) is 0 Å². The molecule has 0 aliphatic carbocycles. The number of ether oxygens (including phenoxy) is 2. The van der Waals surface area contributed by atoms with Gasteiger partial charge in [0.1, 0.15) is 35.6 Å².